The molecule has 2 rings (SSSR count). The molecule has 0 atom stereocenters. The Labute approximate surface area is 118 Å². The van der Waals surface area contributed by atoms with E-state index in [9.17, 15) is 0 Å². The Morgan fingerprint density at radius 2 is 2.15 bits per heavy atom. The number of nitrogens with two attached hydrogens (primary N) is 1. The van der Waals surface area contributed by atoms with Crippen molar-refractivity contribution in [2.45, 2.75) is 20.0 Å². The second kappa shape index (κ2) is 6.68. The van der Waals surface area contributed by atoms with Crippen molar-refractivity contribution < 1.29 is 5.21 Å². The first-order valence-corrected chi connectivity index (χ1v) is 6.39. The highest BCUT2D eigenvalue weighted by molar-refractivity contribution is 5.97. The molecule has 1 heterocycles. The van der Waals surface area contributed by atoms with Crippen molar-refractivity contribution >= 4 is 5.84 Å². The van der Waals surface area contributed by atoms with Crippen LogP contribution < -0.4 is 11.1 Å². The van der Waals surface area contributed by atoms with Gasteiger partial charge in [-0.1, -0.05) is 29.4 Å². The molecule has 0 fully saturated rings. The quantitative estimate of drug-likeness (QED) is 0.335. The molecule has 0 amide bonds. The van der Waals surface area contributed by atoms with Crippen LogP contribution in [0.15, 0.2) is 47.8 Å². The van der Waals surface area contributed by atoms with E-state index in [0.717, 1.165) is 11.3 Å². The van der Waals surface area contributed by atoms with E-state index in [4.69, 9.17) is 10.9 Å². The lowest BCUT2D eigenvalue weighted by Crippen LogP contribution is -2.16. The minimum absolute atomic E-state index is 0.118. The average Bonchev–Trinajstić information content (AvgIpc) is 2.49. The molecule has 0 aliphatic heterocycles. The predicted octanol–water partition coefficient (Wildman–Crippen LogP) is 1.77. The summed E-state index contributed by atoms with van der Waals surface area (Å²) >= 11 is 0. The van der Waals surface area contributed by atoms with Gasteiger partial charge in [-0.25, -0.2) is 0 Å². The first-order valence-electron chi connectivity index (χ1n) is 6.39. The average molecular weight is 270 g/mol. The minimum Gasteiger partial charge on any atom is -0.409 e. The summed E-state index contributed by atoms with van der Waals surface area (Å²) in [5.41, 5.74) is 9.57. The summed E-state index contributed by atoms with van der Waals surface area (Å²) in [5.74, 6) is 0.118. The van der Waals surface area contributed by atoms with Crippen LogP contribution in [-0.2, 0) is 13.1 Å². The van der Waals surface area contributed by atoms with Gasteiger partial charge in [0.2, 0.25) is 0 Å². The predicted molar refractivity (Wildman–Crippen MR) is 78.5 cm³/mol. The SMILES string of the molecule is Cc1cccnc1CNCc1cccc(C(N)=NO)c1. The summed E-state index contributed by atoms with van der Waals surface area (Å²) in [6, 6.07) is 11.6. The number of rotatable bonds is 5. The van der Waals surface area contributed by atoms with Crippen LogP contribution in [0, 0.1) is 6.92 Å². The van der Waals surface area contributed by atoms with Gasteiger partial charge < -0.3 is 16.3 Å². The Balaban J connectivity index is 1.96. The summed E-state index contributed by atoms with van der Waals surface area (Å²) in [6.45, 7) is 3.45. The standard InChI is InChI=1S/C15H18N4O/c1-11-4-3-7-18-14(11)10-17-9-12-5-2-6-13(8-12)15(16)19-20/h2-8,17,20H,9-10H2,1H3,(H2,16,19). The Hall–Kier alpha value is -2.40. The van der Waals surface area contributed by atoms with Crippen LogP contribution in [0.2, 0.25) is 0 Å². The molecule has 5 nitrogen and oxygen atoms in total. The van der Waals surface area contributed by atoms with Crippen LogP contribution in [0.25, 0.3) is 0 Å². The van der Waals surface area contributed by atoms with Gasteiger partial charge in [-0.15, -0.1) is 0 Å². The zero-order chi connectivity index (χ0) is 14.4. The summed E-state index contributed by atoms with van der Waals surface area (Å²) < 4.78 is 0. The van der Waals surface area contributed by atoms with Crippen molar-refractivity contribution in [1.29, 1.82) is 0 Å². The maximum atomic E-state index is 8.67. The van der Waals surface area contributed by atoms with Crippen molar-refractivity contribution in [1.82, 2.24) is 10.3 Å². The summed E-state index contributed by atoms with van der Waals surface area (Å²) in [5, 5.41) is 15.0. The highest BCUT2D eigenvalue weighted by Crippen LogP contribution is 2.06. The van der Waals surface area contributed by atoms with Gasteiger partial charge in [0.25, 0.3) is 0 Å². The third-order valence-corrected chi connectivity index (χ3v) is 3.07. The van der Waals surface area contributed by atoms with E-state index in [-0.39, 0.29) is 5.84 Å². The number of aromatic nitrogens is 1. The van der Waals surface area contributed by atoms with Crippen molar-refractivity contribution in [3.05, 3.63) is 65.0 Å². The molecular weight excluding hydrogens is 252 g/mol. The van der Waals surface area contributed by atoms with E-state index in [2.05, 4.69) is 15.5 Å². The molecule has 0 saturated heterocycles. The maximum absolute atomic E-state index is 8.67. The number of oxime groups is 1. The summed E-state index contributed by atoms with van der Waals surface area (Å²) in [4.78, 5) is 4.33. The first-order chi connectivity index (χ1) is 9.70. The number of benzene rings is 1. The number of hydrogen-bond acceptors (Lipinski definition) is 4. The van der Waals surface area contributed by atoms with E-state index >= 15 is 0 Å². The number of nitrogens with zero attached hydrogens (tertiary/aromatic N) is 2. The van der Waals surface area contributed by atoms with E-state index in [0.29, 0.717) is 18.7 Å². The molecule has 0 unspecified atom stereocenters. The minimum atomic E-state index is 0.118. The van der Waals surface area contributed by atoms with Crippen LogP contribution >= 0.6 is 0 Å². The molecule has 0 radical (unpaired) electrons. The van der Waals surface area contributed by atoms with Crippen LogP contribution in [-0.4, -0.2) is 16.0 Å². The lowest BCUT2D eigenvalue weighted by Gasteiger charge is -2.08. The van der Waals surface area contributed by atoms with Crippen LogP contribution in [0.5, 0.6) is 0 Å². The molecule has 20 heavy (non-hydrogen) atoms. The highest BCUT2D eigenvalue weighted by Gasteiger charge is 2.02. The maximum Gasteiger partial charge on any atom is 0.170 e. The van der Waals surface area contributed by atoms with Crippen LogP contribution in [0.3, 0.4) is 0 Å². The van der Waals surface area contributed by atoms with Crippen LogP contribution in [0.4, 0.5) is 0 Å². The van der Waals surface area contributed by atoms with Gasteiger partial charge in [0, 0.05) is 24.8 Å². The Kier molecular flexibility index (Phi) is 4.68. The number of hydrogen-bond donors (Lipinski definition) is 3. The fourth-order valence-corrected chi connectivity index (χ4v) is 1.93. The van der Waals surface area contributed by atoms with Gasteiger partial charge in [-0.3, -0.25) is 4.98 Å². The van der Waals surface area contributed by atoms with E-state index in [1.165, 1.54) is 5.56 Å². The summed E-state index contributed by atoms with van der Waals surface area (Å²) in [6.07, 6.45) is 1.79. The van der Waals surface area contributed by atoms with Crippen molar-refractivity contribution in [2.24, 2.45) is 10.9 Å². The van der Waals surface area contributed by atoms with Gasteiger partial charge in [-0.05, 0) is 30.2 Å². The zero-order valence-corrected chi connectivity index (χ0v) is 11.4. The van der Waals surface area contributed by atoms with Gasteiger partial charge in [0.1, 0.15) is 0 Å². The van der Waals surface area contributed by atoms with Crippen molar-refractivity contribution in [2.75, 3.05) is 0 Å². The fraction of sp³-hybridized carbons (Fsp3) is 0.200. The van der Waals surface area contributed by atoms with Gasteiger partial charge in [-0.2, -0.15) is 0 Å². The van der Waals surface area contributed by atoms with E-state index in [1.54, 1.807) is 12.3 Å². The third kappa shape index (κ3) is 3.55. The van der Waals surface area contributed by atoms with Gasteiger partial charge in [0.05, 0.1) is 5.69 Å². The Bertz CT molecular complexity index is 610. The second-order valence-corrected chi connectivity index (χ2v) is 4.56. The fourth-order valence-electron chi connectivity index (χ4n) is 1.93. The molecule has 4 N–H and O–H groups in total. The number of pyridine rings is 1. The van der Waals surface area contributed by atoms with Crippen molar-refractivity contribution in [3.63, 3.8) is 0 Å². The monoisotopic (exact) mass is 270 g/mol. The topological polar surface area (TPSA) is 83.5 Å². The zero-order valence-electron chi connectivity index (χ0n) is 11.4. The number of nitrogens with one attached hydrogen (secondary N) is 1. The molecule has 0 aliphatic rings. The highest BCUT2D eigenvalue weighted by atomic mass is 16.4. The number of aryl methyl sites for hydroxylation is 1. The largest absolute Gasteiger partial charge is 0.409 e. The normalized spacial score (nSPS) is 11.6. The molecule has 0 bridgehead atoms. The van der Waals surface area contributed by atoms with Crippen LogP contribution in [0.1, 0.15) is 22.4 Å². The van der Waals surface area contributed by atoms with Crippen molar-refractivity contribution in [3.8, 4) is 0 Å². The van der Waals surface area contributed by atoms with E-state index in [1.807, 2.05) is 37.3 Å². The van der Waals surface area contributed by atoms with E-state index < -0.39 is 0 Å². The second-order valence-electron chi connectivity index (χ2n) is 4.56. The molecule has 0 saturated carbocycles. The lowest BCUT2D eigenvalue weighted by molar-refractivity contribution is 0.318. The molecular formula is C15H18N4O. The van der Waals surface area contributed by atoms with Gasteiger partial charge >= 0.3 is 0 Å². The lowest BCUT2D eigenvalue weighted by atomic mass is 10.1. The number of amidine groups is 1. The summed E-state index contributed by atoms with van der Waals surface area (Å²) in [7, 11) is 0. The molecule has 2 aromatic rings. The molecule has 1 aromatic heterocycles. The smallest absolute Gasteiger partial charge is 0.170 e. The van der Waals surface area contributed by atoms with Gasteiger partial charge in [0.15, 0.2) is 5.84 Å². The Morgan fingerprint density at radius 1 is 1.30 bits per heavy atom. The third-order valence-electron chi connectivity index (χ3n) is 3.07. The molecule has 0 aliphatic carbocycles. The molecule has 1 aromatic carbocycles. The molecule has 104 valence electrons. The Morgan fingerprint density at radius 3 is 2.90 bits per heavy atom. The first kappa shape index (κ1) is 14.0. The molecule has 5 heteroatoms. The molecule has 0 spiro atoms.